The van der Waals surface area contributed by atoms with Gasteiger partial charge in [0.15, 0.2) is 5.01 Å². The molecule has 3 amide bonds. The number of benzene rings is 1. The van der Waals surface area contributed by atoms with Crippen molar-refractivity contribution in [1.82, 2.24) is 35.0 Å². The van der Waals surface area contributed by atoms with Crippen molar-refractivity contribution in [2.45, 2.75) is 94.5 Å². The molecule has 5 fully saturated rings. The molecule has 2 N–H and O–H groups in total. The Bertz CT molecular complexity index is 2450. The van der Waals surface area contributed by atoms with Crippen LogP contribution in [-0.2, 0) is 37.5 Å². The average Bonchev–Trinajstić information content (AvgIpc) is 3.93. The van der Waals surface area contributed by atoms with Crippen LogP contribution >= 0.6 is 11.3 Å². The predicted octanol–water partition coefficient (Wildman–Crippen LogP) is 6.07. The van der Waals surface area contributed by atoms with Gasteiger partial charge in [0.1, 0.15) is 11.1 Å². The van der Waals surface area contributed by atoms with E-state index in [0.717, 1.165) is 107 Å². The minimum absolute atomic E-state index is 0.0840. The number of nitrogens with one attached hydrogen (secondary N) is 2. The van der Waals surface area contributed by atoms with E-state index < -0.39 is 0 Å². The van der Waals surface area contributed by atoms with Crippen molar-refractivity contribution >= 4 is 40.3 Å². The summed E-state index contributed by atoms with van der Waals surface area (Å²) >= 11 is 1.65. The summed E-state index contributed by atoms with van der Waals surface area (Å²) in [7, 11) is 0. The molecule has 4 aromatic heterocycles. The molecule has 13 nitrogen and oxygen atoms in total. The van der Waals surface area contributed by atoms with Crippen LogP contribution in [0.5, 0.6) is 0 Å². The number of fused-ring (bicyclic) bond motifs is 5. The van der Waals surface area contributed by atoms with Gasteiger partial charge in [0.05, 0.1) is 40.1 Å². The van der Waals surface area contributed by atoms with Gasteiger partial charge in [-0.15, -0.1) is 10.2 Å². The molecule has 14 heteroatoms. The molecule has 57 heavy (non-hydrogen) atoms. The van der Waals surface area contributed by atoms with Gasteiger partial charge in [0, 0.05) is 61.5 Å². The van der Waals surface area contributed by atoms with Crippen molar-refractivity contribution in [3.63, 3.8) is 0 Å². The van der Waals surface area contributed by atoms with Crippen molar-refractivity contribution in [3.05, 3.63) is 82.1 Å². The minimum Gasteiger partial charge on any atom is -0.381 e. The first kappa shape index (κ1) is 35.9. The van der Waals surface area contributed by atoms with Gasteiger partial charge in [0.25, 0.3) is 0 Å². The van der Waals surface area contributed by atoms with E-state index in [1.165, 1.54) is 5.56 Å². The van der Waals surface area contributed by atoms with Crippen molar-refractivity contribution in [1.29, 1.82) is 5.26 Å². The van der Waals surface area contributed by atoms with Crippen LogP contribution in [0, 0.1) is 16.7 Å². The topological polar surface area (TPSA) is 168 Å². The zero-order valence-corrected chi connectivity index (χ0v) is 32.4. The lowest BCUT2D eigenvalue weighted by atomic mass is 9.53. The number of rotatable bonds is 7. The summed E-state index contributed by atoms with van der Waals surface area (Å²) in [6.45, 7) is 2.70. The predicted molar refractivity (Wildman–Crippen MR) is 212 cm³/mol. The van der Waals surface area contributed by atoms with Gasteiger partial charge in [-0.2, -0.15) is 10.4 Å². The molecule has 0 spiro atoms. The number of nitriles is 1. The number of imide groups is 1. The number of hydrogen-bond acceptors (Lipinski definition) is 11. The molecule has 1 atom stereocenters. The molecule has 5 aromatic rings. The molecular formula is C43H43N9O4S. The number of anilines is 1. The van der Waals surface area contributed by atoms with Crippen molar-refractivity contribution in [2.24, 2.45) is 5.41 Å². The molecule has 2 saturated heterocycles. The third-order valence-electron chi connectivity index (χ3n) is 13.4. The second-order valence-corrected chi connectivity index (χ2v) is 17.5. The molecule has 7 heterocycles. The van der Waals surface area contributed by atoms with Crippen LogP contribution in [0.25, 0.3) is 27.5 Å². The molecule has 1 aromatic carbocycles. The number of carbonyl (C=O) groups is 3. The summed E-state index contributed by atoms with van der Waals surface area (Å²) in [5, 5.41) is 31.6. The number of carbonyl (C=O) groups excluding carboxylic acids is 3. The minimum atomic E-state index is -0.339. The van der Waals surface area contributed by atoms with E-state index in [-0.39, 0.29) is 40.5 Å². The molecule has 3 saturated carbocycles. The molecule has 3 aliphatic carbocycles. The second kappa shape index (κ2) is 14.1. The van der Waals surface area contributed by atoms with Gasteiger partial charge in [-0.05, 0) is 105 Å². The van der Waals surface area contributed by atoms with Crippen LogP contribution < -0.4 is 10.6 Å². The lowest BCUT2D eigenvalue weighted by Gasteiger charge is -2.53. The highest BCUT2D eigenvalue weighted by atomic mass is 32.1. The Morgan fingerprint density at radius 2 is 1.77 bits per heavy atom. The van der Waals surface area contributed by atoms with Crippen molar-refractivity contribution in [3.8, 4) is 28.0 Å². The van der Waals surface area contributed by atoms with Crippen LogP contribution in [0.2, 0.25) is 0 Å². The quantitative estimate of drug-likeness (QED) is 0.185. The Balaban J connectivity index is 0.855. The van der Waals surface area contributed by atoms with Gasteiger partial charge < -0.3 is 15.0 Å². The number of piperidine rings is 1. The van der Waals surface area contributed by atoms with E-state index >= 15 is 0 Å². The van der Waals surface area contributed by atoms with Gasteiger partial charge in [-0.1, -0.05) is 29.5 Å². The molecular weight excluding hydrogens is 739 g/mol. The lowest BCUT2D eigenvalue weighted by molar-refractivity contribution is -0.150. The van der Waals surface area contributed by atoms with Crippen LogP contribution in [-0.4, -0.2) is 73.2 Å². The highest BCUT2D eigenvalue weighted by Gasteiger charge is 2.55. The first-order valence-corrected chi connectivity index (χ1v) is 20.9. The maximum Gasteiger partial charge on any atom is 0.234 e. The van der Waals surface area contributed by atoms with E-state index in [0.29, 0.717) is 44.7 Å². The Kier molecular flexibility index (Phi) is 8.90. The molecule has 0 unspecified atom stereocenters. The fraction of sp³-hybridized carbons (Fsp3) is 0.442. The van der Waals surface area contributed by atoms with E-state index in [9.17, 15) is 19.6 Å². The number of ether oxygens (including phenoxy) is 1. The van der Waals surface area contributed by atoms with Crippen LogP contribution in [0.15, 0.2) is 54.9 Å². The molecule has 3 aliphatic heterocycles. The van der Waals surface area contributed by atoms with Gasteiger partial charge in [0.2, 0.25) is 17.7 Å². The molecule has 0 radical (unpaired) electrons. The normalized spacial score (nSPS) is 24.9. The zero-order valence-electron chi connectivity index (χ0n) is 31.6. The summed E-state index contributed by atoms with van der Waals surface area (Å²) in [6.07, 6.45) is 12.2. The fourth-order valence-corrected chi connectivity index (χ4v) is 11.0. The number of hydrogen-bond donors (Lipinski definition) is 2. The highest BCUT2D eigenvalue weighted by molar-refractivity contribution is 7.14. The smallest absolute Gasteiger partial charge is 0.234 e. The molecule has 2 bridgehead atoms. The summed E-state index contributed by atoms with van der Waals surface area (Å²) < 4.78 is 7.46. The molecule has 6 aliphatic rings. The van der Waals surface area contributed by atoms with Crippen LogP contribution in [0.3, 0.4) is 0 Å². The average molecular weight is 782 g/mol. The first-order chi connectivity index (χ1) is 27.8. The Morgan fingerprint density at radius 3 is 2.56 bits per heavy atom. The number of nitrogens with zero attached hydrogens (tertiary/aromatic N) is 7. The molecule has 11 rings (SSSR count). The van der Waals surface area contributed by atoms with E-state index in [1.807, 2.05) is 35.0 Å². The largest absolute Gasteiger partial charge is 0.381 e. The summed E-state index contributed by atoms with van der Waals surface area (Å²) in [6, 6.07) is 16.4. The van der Waals surface area contributed by atoms with Crippen molar-refractivity contribution in [2.75, 3.05) is 25.1 Å². The Morgan fingerprint density at radius 1 is 0.947 bits per heavy atom. The lowest BCUT2D eigenvalue weighted by Crippen LogP contribution is -2.53. The number of pyridine rings is 1. The second-order valence-electron chi connectivity index (χ2n) is 16.5. The SMILES string of the molecule is N#Cc1cnn2c(-c3cc(NC4CCOCC4)c(-c4nnc(C56CCC(C(=O)N7CCc8cc([C@@H]9CCC(=O)NC9=O)ccc8C7)(CC5)CC6)s4)cn3)ccc2c1. The van der Waals surface area contributed by atoms with Gasteiger partial charge in [-0.25, -0.2) is 4.52 Å². The van der Waals surface area contributed by atoms with E-state index in [1.54, 1.807) is 17.5 Å². The first-order valence-electron chi connectivity index (χ1n) is 20.1. The third-order valence-corrected chi connectivity index (χ3v) is 14.6. The Labute approximate surface area is 333 Å². The number of aromatic nitrogens is 5. The fourth-order valence-electron chi connectivity index (χ4n) is 9.89. The van der Waals surface area contributed by atoms with Gasteiger partial charge >= 0.3 is 0 Å². The monoisotopic (exact) mass is 781 g/mol. The standard InChI is InChI=1S/C43H43N9O4S/c44-22-26-19-31-3-5-36(52(31)46-23-26)35-21-34(47-30-8-17-56-18-9-30)33(24-45-35)39-49-50-40(57-39)42-10-13-43(14-11-42,15-12-42)41(55)51-16-7-27-20-28(1-2-29(27)25-51)32-4-6-37(53)48-38(32)54/h1-3,5,19-21,23-24,30,32H,4,6-18,25H2,(H,45,47)(H,48,53,54)/t32-,42?,43?/m0/s1. The molecule has 290 valence electrons. The van der Waals surface area contributed by atoms with Crippen LogP contribution in [0.4, 0.5) is 5.69 Å². The maximum absolute atomic E-state index is 14.3. The van der Waals surface area contributed by atoms with E-state index in [4.69, 9.17) is 19.9 Å². The Hall–Kier alpha value is -5.52. The van der Waals surface area contributed by atoms with Crippen molar-refractivity contribution < 1.29 is 19.1 Å². The highest BCUT2D eigenvalue weighted by Crippen LogP contribution is 2.59. The number of amides is 3. The third kappa shape index (κ3) is 6.37. The maximum atomic E-state index is 14.3. The van der Waals surface area contributed by atoms with Crippen LogP contribution in [0.1, 0.15) is 97.4 Å². The zero-order chi connectivity index (χ0) is 38.7. The summed E-state index contributed by atoms with van der Waals surface area (Å²) in [4.78, 5) is 45.5. The summed E-state index contributed by atoms with van der Waals surface area (Å²) in [5.74, 6) is -0.446. The summed E-state index contributed by atoms with van der Waals surface area (Å²) in [5.41, 5.74) is 7.67. The van der Waals surface area contributed by atoms with Gasteiger partial charge in [-0.3, -0.25) is 24.7 Å². The van der Waals surface area contributed by atoms with E-state index in [2.05, 4.69) is 44.9 Å².